The number of hydrogen-bond donors (Lipinski definition) is 0. The van der Waals surface area contributed by atoms with Crippen LogP contribution >= 0.6 is 0 Å². The zero-order valence-corrected chi connectivity index (χ0v) is 16.8. The van der Waals surface area contributed by atoms with E-state index in [4.69, 9.17) is 4.74 Å². The minimum absolute atomic E-state index is 0.0270. The summed E-state index contributed by atoms with van der Waals surface area (Å²) in [6, 6.07) is 7.17. The monoisotopic (exact) mass is 369 g/mol. The molecule has 0 radical (unpaired) electrons. The first-order valence-corrected chi connectivity index (χ1v) is 9.51. The van der Waals surface area contributed by atoms with Crippen LogP contribution in [-0.2, 0) is 0 Å². The molecule has 0 amide bonds. The SMILES string of the molecule is CCCN1c2cc(F)c(C=Nc3ccc(OC)nc3)cc2C(C)CC1(C)C. The summed E-state index contributed by atoms with van der Waals surface area (Å²) in [5.41, 5.74) is 3.40. The van der Waals surface area contributed by atoms with Gasteiger partial charge in [-0.3, -0.25) is 4.99 Å². The summed E-state index contributed by atoms with van der Waals surface area (Å²) in [4.78, 5) is 10.8. The van der Waals surface area contributed by atoms with Crippen LogP contribution in [0, 0.1) is 5.82 Å². The zero-order valence-electron chi connectivity index (χ0n) is 16.8. The number of ether oxygens (including phenoxy) is 1. The van der Waals surface area contributed by atoms with Gasteiger partial charge in [0.15, 0.2) is 0 Å². The van der Waals surface area contributed by atoms with Crippen molar-refractivity contribution in [1.29, 1.82) is 0 Å². The molecule has 1 aromatic heterocycles. The predicted molar refractivity (Wildman–Crippen MR) is 109 cm³/mol. The highest BCUT2D eigenvalue weighted by atomic mass is 19.1. The highest BCUT2D eigenvalue weighted by molar-refractivity contribution is 5.84. The smallest absolute Gasteiger partial charge is 0.213 e. The quantitative estimate of drug-likeness (QED) is 0.655. The lowest BCUT2D eigenvalue weighted by Crippen LogP contribution is -2.48. The molecule has 4 nitrogen and oxygen atoms in total. The van der Waals surface area contributed by atoms with Crippen LogP contribution < -0.4 is 9.64 Å². The lowest BCUT2D eigenvalue weighted by atomic mass is 9.79. The van der Waals surface area contributed by atoms with Crippen molar-refractivity contribution in [3.63, 3.8) is 0 Å². The minimum atomic E-state index is -0.245. The Kier molecular flexibility index (Phi) is 5.49. The molecule has 0 spiro atoms. The fourth-order valence-corrected chi connectivity index (χ4v) is 3.98. The average molecular weight is 369 g/mol. The Morgan fingerprint density at radius 2 is 2.15 bits per heavy atom. The van der Waals surface area contributed by atoms with Crippen LogP contribution in [0.2, 0.25) is 0 Å². The van der Waals surface area contributed by atoms with Gasteiger partial charge in [-0.05, 0) is 56.4 Å². The van der Waals surface area contributed by atoms with Crippen molar-refractivity contribution in [2.75, 3.05) is 18.6 Å². The minimum Gasteiger partial charge on any atom is -0.481 e. The van der Waals surface area contributed by atoms with E-state index >= 15 is 0 Å². The molecule has 0 fully saturated rings. The summed E-state index contributed by atoms with van der Waals surface area (Å²) in [5, 5.41) is 0. The third-order valence-corrected chi connectivity index (χ3v) is 5.23. The van der Waals surface area contributed by atoms with Crippen LogP contribution in [0.5, 0.6) is 5.88 Å². The van der Waals surface area contributed by atoms with E-state index in [0.29, 0.717) is 23.0 Å². The number of anilines is 1. The first-order valence-electron chi connectivity index (χ1n) is 9.51. The van der Waals surface area contributed by atoms with Gasteiger partial charge in [-0.15, -0.1) is 0 Å². The molecule has 1 unspecified atom stereocenters. The molecule has 0 bridgehead atoms. The molecule has 2 aromatic rings. The fourth-order valence-electron chi connectivity index (χ4n) is 3.98. The maximum atomic E-state index is 14.8. The van der Waals surface area contributed by atoms with E-state index in [2.05, 4.69) is 42.6 Å². The number of hydrogen-bond acceptors (Lipinski definition) is 4. The van der Waals surface area contributed by atoms with Gasteiger partial charge < -0.3 is 9.64 Å². The van der Waals surface area contributed by atoms with E-state index in [9.17, 15) is 4.39 Å². The Balaban J connectivity index is 1.95. The Hall–Kier alpha value is -2.43. The van der Waals surface area contributed by atoms with Crippen molar-refractivity contribution < 1.29 is 9.13 Å². The molecular weight excluding hydrogens is 341 g/mol. The van der Waals surface area contributed by atoms with Gasteiger partial charge >= 0.3 is 0 Å². The van der Waals surface area contributed by atoms with Crippen molar-refractivity contribution in [3.8, 4) is 5.88 Å². The van der Waals surface area contributed by atoms with E-state index in [0.717, 1.165) is 25.1 Å². The normalized spacial score (nSPS) is 18.6. The van der Waals surface area contributed by atoms with Gasteiger partial charge in [-0.1, -0.05) is 13.8 Å². The Morgan fingerprint density at radius 1 is 1.37 bits per heavy atom. The van der Waals surface area contributed by atoms with Gasteiger partial charge in [0, 0.05) is 35.6 Å². The van der Waals surface area contributed by atoms with Crippen molar-refractivity contribution in [3.05, 3.63) is 47.4 Å². The molecule has 0 saturated carbocycles. The summed E-state index contributed by atoms with van der Waals surface area (Å²) >= 11 is 0. The molecular formula is C22H28FN3O. The Bertz CT molecular complexity index is 830. The molecule has 5 heteroatoms. The number of rotatable bonds is 5. The number of nitrogens with zero attached hydrogens (tertiary/aromatic N) is 3. The molecule has 3 rings (SSSR count). The number of fused-ring (bicyclic) bond motifs is 1. The van der Waals surface area contributed by atoms with Crippen LogP contribution in [0.25, 0.3) is 0 Å². The summed E-state index contributed by atoms with van der Waals surface area (Å²) in [7, 11) is 1.57. The van der Waals surface area contributed by atoms with E-state index in [1.54, 1.807) is 37.7 Å². The molecule has 1 atom stereocenters. The topological polar surface area (TPSA) is 37.7 Å². The van der Waals surface area contributed by atoms with Gasteiger partial charge in [-0.25, -0.2) is 9.37 Å². The largest absolute Gasteiger partial charge is 0.481 e. The summed E-state index contributed by atoms with van der Waals surface area (Å²) in [6.45, 7) is 9.79. The first kappa shape index (κ1) is 19.3. The maximum absolute atomic E-state index is 14.8. The number of aromatic nitrogens is 1. The van der Waals surface area contributed by atoms with Gasteiger partial charge in [0.2, 0.25) is 5.88 Å². The van der Waals surface area contributed by atoms with Crippen molar-refractivity contribution >= 4 is 17.6 Å². The van der Waals surface area contributed by atoms with Crippen LogP contribution in [0.15, 0.2) is 35.5 Å². The molecule has 0 saturated heterocycles. The standard InChI is InChI=1S/C22H28FN3O/c1-6-9-26-20-11-19(23)16(10-18(20)15(2)12-22(26,3)4)13-24-17-7-8-21(27-5)25-14-17/h7-8,10-11,13-15H,6,9,12H2,1-5H3. The number of methoxy groups -OCH3 is 1. The van der Waals surface area contributed by atoms with Crippen LogP contribution in [0.3, 0.4) is 0 Å². The average Bonchev–Trinajstić information content (AvgIpc) is 2.64. The molecule has 1 aliphatic heterocycles. The zero-order chi connectivity index (χ0) is 19.6. The third kappa shape index (κ3) is 3.97. The van der Waals surface area contributed by atoms with E-state index in [1.165, 1.54) is 5.56 Å². The molecule has 144 valence electrons. The molecule has 27 heavy (non-hydrogen) atoms. The molecule has 2 heterocycles. The summed E-state index contributed by atoms with van der Waals surface area (Å²) in [5.74, 6) is 0.657. The highest BCUT2D eigenvalue weighted by Crippen LogP contribution is 2.44. The maximum Gasteiger partial charge on any atom is 0.213 e. The van der Waals surface area contributed by atoms with E-state index < -0.39 is 0 Å². The second kappa shape index (κ2) is 7.67. The molecule has 1 aliphatic rings. The summed E-state index contributed by atoms with van der Waals surface area (Å²) < 4.78 is 19.9. The number of pyridine rings is 1. The first-order chi connectivity index (χ1) is 12.9. The van der Waals surface area contributed by atoms with Gasteiger partial charge in [0.25, 0.3) is 0 Å². The molecule has 0 N–H and O–H groups in total. The van der Waals surface area contributed by atoms with Gasteiger partial charge in [0.1, 0.15) is 5.82 Å². The Labute approximate surface area is 161 Å². The molecule has 1 aromatic carbocycles. The van der Waals surface area contributed by atoms with Gasteiger partial charge in [-0.2, -0.15) is 0 Å². The van der Waals surface area contributed by atoms with Crippen LogP contribution in [0.1, 0.15) is 57.6 Å². The highest BCUT2D eigenvalue weighted by Gasteiger charge is 2.36. The fraction of sp³-hybridized carbons (Fsp3) is 0.455. The predicted octanol–water partition coefficient (Wildman–Crippen LogP) is 5.48. The number of halogens is 1. The van der Waals surface area contributed by atoms with Gasteiger partial charge in [0.05, 0.1) is 19.0 Å². The summed E-state index contributed by atoms with van der Waals surface area (Å²) in [6.07, 6.45) is 5.27. The molecule has 0 aliphatic carbocycles. The van der Waals surface area contributed by atoms with Crippen LogP contribution in [-0.4, -0.2) is 30.4 Å². The lowest BCUT2D eigenvalue weighted by Gasteiger charge is -2.47. The third-order valence-electron chi connectivity index (χ3n) is 5.23. The lowest BCUT2D eigenvalue weighted by molar-refractivity contribution is 0.375. The van der Waals surface area contributed by atoms with E-state index in [-0.39, 0.29) is 11.4 Å². The second-order valence-electron chi connectivity index (χ2n) is 7.82. The van der Waals surface area contributed by atoms with Crippen molar-refractivity contribution in [1.82, 2.24) is 4.98 Å². The number of benzene rings is 1. The van der Waals surface area contributed by atoms with Crippen molar-refractivity contribution in [2.24, 2.45) is 4.99 Å². The van der Waals surface area contributed by atoms with Crippen molar-refractivity contribution in [2.45, 2.75) is 52.0 Å². The number of aliphatic imine (C=N–C) groups is 1. The van der Waals surface area contributed by atoms with E-state index in [1.807, 2.05) is 6.07 Å². The van der Waals surface area contributed by atoms with Crippen LogP contribution in [0.4, 0.5) is 15.8 Å². The second-order valence-corrected chi connectivity index (χ2v) is 7.82. The Morgan fingerprint density at radius 3 is 2.78 bits per heavy atom.